The van der Waals surface area contributed by atoms with E-state index in [1.54, 1.807) is 6.07 Å². The summed E-state index contributed by atoms with van der Waals surface area (Å²) in [4.78, 5) is 16.4. The van der Waals surface area contributed by atoms with E-state index in [4.69, 9.17) is 5.41 Å². The maximum atomic E-state index is 12.2. The Hall–Kier alpha value is -1.35. The third-order valence-electron chi connectivity index (χ3n) is 2.34. The lowest BCUT2D eigenvalue weighted by molar-refractivity contribution is -0.0584. The highest BCUT2D eigenvalue weighted by atomic mass is 79.9. The van der Waals surface area contributed by atoms with Crippen molar-refractivity contribution < 1.29 is 18.0 Å². The molecular formula is C13H13BrF3N3OS. The molecule has 2 N–H and O–H groups in total. The number of aromatic nitrogens is 1. The number of alkyl halides is 4. The number of nitrogens with one attached hydrogen (secondary N) is 2. The van der Waals surface area contributed by atoms with Crippen LogP contribution in [0.2, 0.25) is 0 Å². The molecule has 1 aromatic heterocycles. The lowest BCUT2D eigenvalue weighted by Crippen LogP contribution is -2.19. The highest BCUT2D eigenvalue weighted by Gasteiger charge is 2.32. The molecule has 0 bridgehead atoms. The van der Waals surface area contributed by atoms with Gasteiger partial charge in [-0.1, -0.05) is 22.9 Å². The number of allylic oxidation sites excluding steroid dienone is 1. The summed E-state index contributed by atoms with van der Waals surface area (Å²) in [7, 11) is 0. The van der Waals surface area contributed by atoms with Gasteiger partial charge in [-0.2, -0.15) is 13.2 Å². The molecule has 0 saturated carbocycles. The maximum Gasteiger partial charge on any atom is 0.432 e. The van der Waals surface area contributed by atoms with Crippen LogP contribution in [0.3, 0.4) is 0 Å². The molecule has 120 valence electrons. The van der Waals surface area contributed by atoms with Gasteiger partial charge in [0.1, 0.15) is 11.4 Å². The quantitative estimate of drug-likeness (QED) is 0.313. The number of ketones is 1. The van der Waals surface area contributed by atoms with Crippen molar-refractivity contribution in [1.82, 2.24) is 4.98 Å². The summed E-state index contributed by atoms with van der Waals surface area (Å²) < 4.78 is 36.5. The van der Waals surface area contributed by atoms with Gasteiger partial charge in [0.25, 0.3) is 0 Å². The number of thioether (sulfide) groups is 1. The Bertz CT molecular complexity index is 590. The fourth-order valence-corrected chi connectivity index (χ4v) is 2.47. The predicted octanol–water partition coefficient (Wildman–Crippen LogP) is 4.28. The second-order valence-electron chi connectivity index (χ2n) is 3.95. The van der Waals surface area contributed by atoms with E-state index in [1.165, 1.54) is 18.0 Å². The third-order valence-corrected chi connectivity index (χ3v) is 3.76. The Morgan fingerprint density at radius 1 is 1.55 bits per heavy atom. The second-order valence-corrected chi connectivity index (χ2v) is 5.82. The predicted molar refractivity (Wildman–Crippen MR) is 85.3 cm³/mol. The van der Waals surface area contributed by atoms with Gasteiger partial charge < -0.3 is 5.32 Å². The topological polar surface area (TPSA) is 65.8 Å². The van der Waals surface area contributed by atoms with E-state index in [0.29, 0.717) is 22.4 Å². The molecule has 0 aromatic carbocycles. The highest BCUT2D eigenvalue weighted by Crippen LogP contribution is 2.25. The number of carbonyl (C=O) groups is 1. The third kappa shape index (κ3) is 5.45. The van der Waals surface area contributed by atoms with Crippen molar-refractivity contribution in [2.75, 3.05) is 16.4 Å². The molecule has 0 aliphatic carbocycles. The molecule has 9 heteroatoms. The summed E-state index contributed by atoms with van der Waals surface area (Å²) in [6.45, 7) is 1.91. The Morgan fingerprint density at radius 2 is 2.23 bits per heavy atom. The number of halogens is 4. The average molecular weight is 396 g/mol. The van der Waals surface area contributed by atoms with Crippen molar-refractivity contribution in [1.29, 1.82) is 5.41 Å². The first-order valence-electron chi connectivity index (χ1n) is 6.10. The van der Waals surface area contributed by atoms with Crippen molar-refractivity contribution in [3.05, 3.63) is 30.2 Å². The largest absolute Gasteiger partial charge is 0.432 e. The van der Waals surface area contributed by atoms with Crippen LogP contribution in [0.15, 0.2) is 29.4 Å². The van der Waals surface area contributed by atoms with Gasteiger partial charge in [0.05, 0.1) is 17.2 Å². The molecule has 0 unspecified atom stereocenters. The van der Waals surface area contributed by atoms with Crippen LogP contribution >= 0.6 is 27.7 Å². The number of hydrogen-bond donors (Lipinski definition) is 2. The summed E-state index contributed by atoms with van der Waals surface area (Å²) in [6.07, 6.45) is -1.69. The molecule has 1 rings (SSSR count). The first-order chi connectivity index (χ1) is 10.3. The van der Waals surface area contributed by atoms with E-state index in [9.17, 15) is 18.0 Å². The molecule has 0 fully saturated rings. The molecule has 4 nitrogen and oxygen atoms in total. The molecule has 0 spiro atoms. The normalized spacial score (nSPS) is 11.7. The zero-order chi connectivity index (χ0) is 16.8. The SMILES string of the molecule is CCSc1cc(N/C=C\C(=N)C(F)(F)F)cnc1C(=O)CBr. The van der Waals surface area contributed by atoms with E-state index in [2.05, 4.69) is 26.2 Å². The van der Waals surface area contributed by atoms with Gasteiger partial charge in [0.15, 0.2) is 5.78 Å². The molecule has 0 amide bonds. The minimum Gasteiger partial charge on any atom is -0.360 e. The van der Waals surface area contributed by atoms with Crippen LogP contribution in [-0.4, -0.2) is 33.7 Å². The van der Waals surface area contributed by atoms with Crippen molar-refractivity contribution in [2.24, 2.45) is 0 Å². The lowest BCUT2D eigenvalue weighted by atomic mass is 10.2. The summed E-state index contributed by atoms with van der Waals surface area (Å²) in [5, 5.41) is 9.56. The fourth-order valence-electron chi connectivity index (χ4n) is 1.38. The lowest BCUT2D eigenvalue weighted by Gasteiger charge is -2.08. The van der Waals surface area contributed by atoms with E-state index >= 15 is 0 Å². The number of carbonyl (C=O) groups excluding carboxylic acids is 1. The highest BCUT2D eigenvalue weighted by molar-refractivity contribution is 9.09. The smallest absolute Gasteiger partial charge is 0.360 e. The van der Waals surface area contributed by atoms with Gasteiger partial charge in [-0.3, -0.25) is 10.2 Å². The first kappa shape index (κ1) is 18.7. The molecule has 0 saturated heterocycles. The first-order valence-corrected chi connectivity index (χ1v) is 8.21. The number of nitrogens with zero attached hydrogens (tertiary/aromatic N) is 1. The maximum absolute atomic E-state index is 12.2. The Morgan fingerprint density at radius 3 is 2.77 bits per heavy atom. The van der Waals surface area contributed by atoms with Gasteiger partial charge >= 0.3 is 6.18 Å². The van der Waals surface area contributed by atoms with Gasteiger partial charge in [0.2, 0.25) is 0 Å². The molecule has 1 heterocycles. The van der Waals surface area contributed by atoms with Crippen molar-refractivity contribution in [2.45, 2.75) is 18.0 Å². The standard InChI is InChI=1S/C13H13BrF3N3OS/c1-2-22-10-5-8(7-20-12(10)9(21)6-14)19-4-3-11(18)13(15,16)17/h3-5,7,18-19H,2,6H2,1H3/b4-3-,18-11?. The summed E-state index contributed by atoms with van der Waals surface area (Å²) >= 11 is 4.49. The van der Waals surface area contributed by atoms with Gasteiger partial charge in [-0.15, -0.1) is 11.8 Å². The van der Waals surface area contributed by atoms with Crippen LogP contribution < -0.4 is 5.32 Å². The molecule has 0 aliphatic rings. The van der Waals surface area contributed by atoms with E-state index in [-0.39, 0.29) is 11.1 Å². The molecule has 0 aliphatic heterocycles. The Balaban J connectivity index is 2.89. The Labute approximate surface area is 138 Å². The number of anilines is 1. The number of hydrogen-bond acceptors (Lipinski definition) is 5. The van der Waals surface area contributed by atoms with Crippen LogP contribution in [0.5, 0.6) is 0 Å². The molecule has 22 heavy (non-hydrogen) atoms. The Kier molecular flexibility index (Phi) is 7.08. The average Bonchev–Trinajstić information content (AvgIpc) is 2.46. The molecular weight excluding hydrogens is 383 g/mol. The molecule has 1 aromatic rings. The minimum absolute atomic E-state index is 0.146. The zero-order valence-electron chi connectivity index (χ0n) is 11.5. The van der Waals surface area contributed by atoms with Crippen LogP contribution in [-0.2, 0) is 0 Å². The van der Waals surface area contributed by atoms with E-state index in [0.717, 1.165) is 12.0 Å². The van der Waals surface area contributed by atoms with Crippen LogP contribution in [0.1, 0.15) is 17.4 Å². The molecule has 0 radical (unpaired) electrons. The summed E-state index contributed by atoms with van der Waals surface area (Å²) in [5.41, 5.74) is -0.697. The summed E-state index contributed by atoms with van der Waals surface area (Å²) in [6, 6.07) is 1.64. The fraction of sp³-hybridized carbons (Fsp3) is 0.308. The number of rotatable bonds is 7. The van der Waals surface area contributed by atoms with Crippen molar-refractivity contribution in [3.63, 3.8) is 0 Å². The van der Waals surface area contributed by atoms with Crippen molar-refractivity contribution in [3.8, 4) is 0 Å². The molecule has 0 atom stereocenters. The number of Topliss-reactive ketones (excluding diaryl/α,β-unsaturated/α-hetero) is 1. The van der Waals surface area contributed by atoms with Crippen LogP contribution in [0.4, 0.5) is 18.9 Å². The van der Waals surface area contributed by atoms with Crippen LogP contribution in [0.25, 0.3) is 0 Å². The van der Waals surface area contributed by atoms with Crippen molar-refractivity contribution >= 4 is 44.9 Å². The van der Waals surface area contributed by atoms with E-state index < -0.39 is 11.9 Å². The van der Waals surface area contributed by atoms with Crippen LogP contribution in [0, 0.1) is 5.41 Å². The van der Waals surface area contributed by atoms with E-state index in [1.807, 2.05) is 6.92 Å². The second kappa shape index (κ2) is 8.33. The zero-order valence-corrected chi connectivity index (χ0v) is 13.9. The van der Waals surface area contributed by atoms with Gasteiger partial charge in [-0.05, 0) is 17.9 Å². The van der Waals surface area contributed by atoms with Gasteiger partial charge in [0, 0.05) is 11.1 Å². The number of pyridine rings is 1. The monoisotopic (exact) mass is 395 g/mol. The minimum atomic E-state index is -4.67. The van der Waals surface area contributed by atoms with Gasteiger partial charge in [-0.25, -0.2) is 4.98 Å². The summed E-state index contributed by atoms with van der Waals surface area (Å²) in [5.74, 6) is 0.555.